The highest BCUT2D eigenvalue weighted by molar-refractivity contribution is 4.95. The molecular formula is C8H14N2. The molecule has 10 heavy (non-hydrogen) atoms. The van der Waals surface area contributed by atoms with Crippen molar-refractivity contribution in [2.24, 2.45) is 11.5 Å². The Balaban J connectivity index is 3.52. The fourth-order valence-electron chi connectivity index (χ4n) is 0.551. The van der Waals surface area contributed by atoms with Gasteiger partial charge in [-0.15, -0.1) is 5.73 Å². The highest BCUT2D eigenvalue weighted by Gasteiger charge is 1.89. The number of hydrogen-bond donors (Lipinski definition) is 2. The fourth-order valence-corrected chi connectivity index (χ4v) is 0.551. The summed E-state index contributed by atoms with van der Waals surface area (Å²) in [6, 6.07) is 0.0535. The zero-order valence-electron chi connectivity index (χ0n) is 6.09. The van der Waals surface area contributed by atoms with Crippen LogP contribution < -0.4 is 11.5 Å². The molecule has 1 atom stereocenters. The maximum absolute atomic E-state index is 5.60. The van der Waals surface area contributed by atoms with Gasteiger partial charge in [-0.25, -0.2) is 0 Å². The first-order valence-corrected chi connectivity index (χ1v) is 3.28. The average Bonchev–Trinajstić information content (AvgIpc) is 1.97. The van der Waals surface area contributed by atoms with Gasteiger partial charge in [0.05, 0.1) is 0 Å². The average molecular weight is 138 g/mol. The van der Waals surface area contributed by atoms with Gasteiger partial charge in [0.2, 0.25) is 0 Å². The van der Waals surface area contributed by atoms with E-state index in [1.165, 1.54) is 0 Å². The van der Waals surface area contributed by atoms with E-state index in [1.807, 2.05) is 18.2 Å². The van der Waals surface area contributed by atoms with Gasteiger partial charge in [-0.1, -0.05) is 18.7 Å². The minimum Gasteiger partial charge on any atom is -0.327 e. The number of hydrogen-bond acceptors (Lipinski definition) is 2. The Bertz CT molecular complexity index is 143. The fraction of sp³-hybridized carbons (Fsp3) is 0.375. The van der Waals surface area contributed by atoms with E-state index in [-0.39, 0.29) is 6.04 Å². The van der Waals surface area contributed by atoms with E-state index in [1.54, 1.807) is 0 Å². The predicted molar refractivity (Wildman–Crippen MR) is 44.5 cm³/mol. The summed E-state index contributed by atoms with van der Waals surface area (Å²) in [6.07, 6.45) is 6.32. The number of nitrogens with two attached hydrogens (primary N) is 2. The summed E-state index contributed by atoms with van der Waals surface area (Å²) in [4.78, 5) is 0. The molecule has 4 N–H and O–H groups in total. The summed E-state index contributed by atoms with van der Waals surface area (Å²) in [7, 11) is 0. The van der Waals surface area contributed by atoms with Crippen molar-refractivity contribution in [1.82, 2.24) is 0 Å². The Kier molecular flexibility index (Phi) is 5.79. The van der Waals surface area contributed by atoms with E-state index < -0.39 is 0 Å². The zero-order chi connectivity index (χ0) is 7.82. The van der Waals surface area contributed by atoms with E-state index in [4.69, 9.17) is 11.5 Å². The monoisotopic (exact) mass is 138 g/mol. The van der Waals surface area contributed by atoms with E-state index >= 15 is 0 Å². The van der Waals surface area contributed by atoms with E-state index in [0.717, 1.165) is 6.42 Å². The normalized spacial score (nSPS) is 13.0. The van der Waals surface area contributed by atoms with Crippen LogP contribution in [0.4, 0.5) is 0 Å². The Morgan fingerprint density at radius 2 is 2.30 bits per heavy atom. The summed E-state index contributed by atoms with van der Waals surface area (Å²) in [5.41, 5.74) is 13.5. The SMILES string of the molecule is C=C=CCC(N)C=CCN. The molecule has 0 saturated carbocycles. The number of rotatable bonds is 4. The summed E-state index contributed by atoms with van der Waals surface area (Å²) < 4.78 is 0. The van der Waals surface area contributed by atoms with Crippen molar-refractivity contribution in [1.29, 1.82) is 0 Å². The van der Waals surface area contributed by atoms with E-state index in [0.29, 0.717) is 6.54 Å². The topological polar surface area (TPSA) is 52.0 Å². The predicted octanol–water partition coefficient (Wildman–Crippen LogP) is 0.560. The Morgan fingerprint density at radius 3 is 2.80 bits per heavy atom. The highest BCUT2D eigenvalue weighted by atomic mass is 14.6. The van der Waals surface area contributed by atoms with E-state index in [2.05, 4.69) is 12.3 Å². The second-order valence-electron chi connectivity index (χ2n) is 1.97. The van der Waals surface area contributed by atoms with Crippen molar-refractivity contribution in [3.8, 4) is 0 Å². The lowest BCUT2D eigenvalue weighted by Crippen LogP contribution is -2.15. The van der Waals surface area contributed by atoms with Crippen LogP contribution in [-0.2, 0) is 0 Å². The molecule has 0 saturated heterocycles. The molecule has 0 aromatic rings. The van der Waals surface area contributed by atoms with Gasteiger partial charge in [0, 0.05) is 12.6 Å². The van der Waals surface area contributed by atoms with Gasteiger partial charge in [-0.3, -0.25) is 0 Å². The Morgan fingerprint density at radius 1 is 1.60 bits per heavy atom. The maximum atomic E-state index is 5.60. The van der Waals surface area contributed by atoms with Crippen LogP contribution in [0, 0.1) is 0 Å². The summed E-state index contributed by atoms with van der Waals surface area (Å²) in [5.74, 6) is 0. The summed E-state index contributed by atoms with van der Waals surface area (Å²) in [5, 5.41) is 0. The van der Waals surface area contributed by atoms with Gasteiger partial charge >= 0.3 is 0 Å². The van der Waals surface area contributed by atoms with Crippen molar-refractivity contribution in [3.05, 3.63) is 30.5 Å². The summed E-state index contributed by atoms with van der Waals surface area (Å²) in [6.45, 7) is 3.98. The van der Waals surface area contributed by atoms with Crippen molar-refractivity contribution in [2.75, 3.05) is 6.54 Å². The molecule has 56 valence electrons. The zero-order valence-corrected chi connectivity index (χ0v) is 6.09. The van der Waals surface area contributed by atoms with Crippen LogP contribution in [0.15, 0.2) is 30.5 Å². The minimum atomic E-state index is 0.0535. The third-order valence-corrected chi connectivity index (χ3v) is 1.05. The second kappa shape index (κ2) is 6.30. The third kappa shape index (κ3) is 5.32. The first kappa shape index (κ1) is 9.18. The van der Waals surface area contributed by atoms with Crippen LogP contribution in [0.5, 0.6) is 0 Å². The molecule has 2 heteroatoms. The van der Waals surface area contributed by atoms with Crippen LogP contribution >= 0.6 is 0 Å². The van der Waals surface area contributed by atoms with Crippen LogP contribution in [0.2, 0.25) is 0 Å². The molecule has 0 aromatic heterocycles. The van der Waals surface area contributed by atoms with Crippen LogP contribution in [0.25, 0.3) is 0 Å². The lowest BCUT2D eigenvalue weighted by molar-refractivity contribution is 0.832. The molecular weight excluding hydrogens is 124 g/mol. The molecule has 0 bridgehead atoms. The Hall–Kier alpha value is -0.820. The lowest BCUT2D eigenvalue weighted by Gasteiger charge is -1.98. The molecule has 0 aliphatic rings. The molecule has 0 spiro atoms. The van der Waals surface area contributed by atoms with Crippen molar-refractivity contribution in [2.45, 2.75) is 12.5 Å². The van der Waals surface area contributed by atoms with Crippen molar-refractivity contribution < 1.29 is 0 Å². The molecule has 2 nitrogen and oxygen atoms in total. The van der Waals surface area contributed by atoms with Gasteiger partial charge < -0.3 is 11.5 Å². The Labute approximate surface area is 61.9 Å². The molecule has 0 aliphatic carbocycles. The molecule has 0 fully saturated rings. The molecule has 0 aliphatic heterocycles. The molecule has 1 unspecified atom stereocenters. The van der Waals surface area contributed by atoms with Gasteiger partial charge in [0.1, 0.15) is 0 Å². The summed E-state index contributed by atoms with van der Waals surface area (Å²) >= 11 is 0. The van der Waals surface area contributed by atoms with Gasteiger partial charge in [-0.05, 0) is 12.5 Å². The standard InChI is InChI=1S/C8H14N2/c1-2-3-5-8(10)6-4-7-9/h3-4,6,8H,1,5,7,9-10H2. The quantitative estimate of drug-likeness (QED) is 0.440. The molecule has 0 radical (unpaired) electrons. The molecule has 0 heterocycles. The van der Waals surface area contributed by atoms with Crippen molar-refractivity contribution >= 4 is 0 Å². The maximum Gasteiger partial charge on any atom is 0.0265 e. The van der Waals surface area contributed by atoms with Gasteiger partial charge in [0.25, 0.3) is 0 Å². The van der Waals surface area contributed by atoms with E-state index in [9.17, 15) is 0 Å². The molecule has 0 amide bonds. The van der Waals surface area contributed by atoms with Crippen LogP contribution in [-0.4, -0.2) is 12.6 Å². The first-order chi connectivity index (χ1) is 4.81. The van der Waals surface area contributed by atoms with Gasteiger partial charge in [0.15, 0.2) is 0 Å². The lowest BCUT2D eigenvalue weighted by atomic mass is 10.2. The first-order valence-electron chi connectivity index (χ1n) is 3.28. The van der Waals surface area contributed by atoms with Crippen molar-refractivity contribution in [3.63, 3.8) is 0 Å². The van der Waals surface area contributed by atoms with Crippen LogP contribution in [0.1, 0.15) is 6.42 Å². The van der Waals surface area contributed by atoms with Gasteiger partial charge in [-0.2, -0.15) is 0 Å². The largest absolute Gasteiger partial charge is 0.327 e. The molecule has 0 rings (SSSR count). The molecule has 0 aromatic carbocycles. The highest BCUT2D eigenvalue weighted by Crippen LogP contribution is 1.89. The second-order valence-corrected chi connectivity index (χ2v) is 1.97. The smallest absolute Gasteiger partial charge is 0.0265 e. The minimum absolute atomic E-state index is 0.0535. The van der Waals surface area contributed by atoms with Crippen LogP contribution in [0.3, 0.4) is 0 Å². The third-order valence-electron chi connectivity index (χ3n) is 1.05.